The predicted octanol–water partition coefficient (Wildman–Crippen LogP) is -0.604. The zero-order valence-corrected chi connectivity index (χ0v) is 20.0. The van der Waals surface area contributed by atoms with Crippen molar-refractivity contribution in [3.8, 4) is 0 Å². The third kappa shape index (κ3) is 88.5. The van der Waals surface area contributed by atoms with Crippen molar-refractivity contribution in [2.75, 3.05) is 0 Å². The van der Waals surface area contributed by atoms with E-state index < -0.39 is 0 Å². The second-order valence-electron chi connectivity index (χ2n) is 0. The van der Waals surface area contributed by atoms with E-state index in [1.807, 2.05) is 0 Å². The number of rotatable bonds is 0. The third-order valence-electron chi connectivity index (χ3n) is 0. The van der Waals surface area contributed by atoms with Crippen LogP contribution in [0.5, 0.6) is 0 Å². The predicted molar refractivity (Wildman–Crippen MR) is 3.43 cm³/mol. The molecule has 11 heteroatoms. The Morgan fingerprint density at radius 3 is 0.364 bits per heavy atom. The van der Waals surface area contributed by atoms with Crippen molar-refractivity contribution < 1.29 is 212 Å². The van der Waals surface area contributed by atoms with E-state index in [4.69, 9.17) is 0 Å². The summed E-state index contributed by atoms with van der Waals surface area (Å²) in [5.74, 6) is 0. The van der Waals surface area contributed by atoms with Gasteiger partial charge in [0.15, 0.2) is 0 Å². The molecule has 0 aliphatic heterocycles. The molecule has 11 heavy (non-hydrogen) atoms. The van der Waals surface area contributed by atoms with E-state index in [-0.39, 0.29) is 212 Å². The quantitative estimate of drug-likeness (QED) is 0.331. The summed E-state index contributed by atoms with van der Waals surface area (Å²) in [6.07, 6.45) is 0. The van der Waals surface area contributed by atoms with Crippen LogP contribution in [-0.4, -0.2) is 0 Å². The first-order valence-corrected chi connectivity index (χ1v) is 0. The maximum absolute atomic E-state index is 0. The van der Waals surface area contributed by atoms with Gasteiger partial charge in [-0.2, -0.15) is 0 Å². The summed E-state index contributed by atoms with van der Waals surface area (Å²) in [6.45, 7) is 0. The minimum absolute atomic E-state index is 0. The molecule has 0 aliphatic carbocycles. The van der Waals surface area contributed by atoms with Gasteiger partial charge in [-0.25, -0.2) is 0 Å². The largest absolute Gasteiger partial charge is 5.00 e. The van der Waals surface area contributed by atoms with Crippen LogP contribution in [0.1, 0.15) is 0 Å². The van der Waals surface area contributed by atoms with Crippen LogP contribution in [-0.2, 0) is 130 Å². The minimum atomic E-state index is 0. The van der Waals surface area contributed by atoms with Crippen molar-refractivity contribution in [1.82, 2.24) is 0 Å². The standard InChI is InChI=1S/2Nd.5O.2V.2Y/q;;5*-2;2*+5;;. The molecular formula is Nd2O5V2Y2. The number of hydrogen-bond acceptors (Lipinski definition) is 0. The van der Waals surface area contributed by atoms with Crippen LogP contribution in [0, 0.1) is 81.7 Å². The fourth-order valence-corrected chi connectivity index (χ4v) is 0. The van der Waals surface area contributed by atoms with Gasteiger partial charge in [0.25, 0.3) is 0 Å². The molecule has 2 radical (unpaired) electrons. The van der Waals surface area contributed by atoms with Crippen molar-refractivity contribution >= 4 is 0 Å². The monoisotopic (exact) mass is 643 g/mol. The summed E-state index contributed by atoms with van der Waals surface area (Å²) >= 11 is 0. The van der Waals surface area contributed by atoms with Crippen LogP contribution in [0.2, 0.25) is 0 Å². The van der Waals surface area contributed by atoms with Crippen LogP contribution < -0.4 is 0 Å². The van der Waals surface area contributed by atoms with Gasteiger partial charge in [-0.1, -0.05) is 0 Å². The van der Waals surface area contributed by atoms with E-state index in [0.29, 0.717) is 0 Å². The van der Waals surface area contributed by atoms with Crippen molar-refractivity contribution in [2.45, 2.75) is 0 Å². The summed E-state index contributed by atoms with van der Waals surface area (Å²) in [5, 5.41) is 0. The van der Waals surface area contributed by atoms with Crippen LogP contribution in [0.3, 0.4) is 0 Å². The Morgan fingerprint density at radius 1 is 0.364 bits per heavy atom. The maximum Gasteiger partial charge on any atom is 5.00 e. The second kappa shape index (κ2) is 102. The Labute approximate surface area is 206 Å². The topological polar surface area (TPSA) is 142 Å². The van der Waals surface area contributed by atoms with Crippen LogP contribution in [0.4, 0.5) is 0 Å². The second-order valence-corrected chi connectivity index (χ2v) is 0. The maximum atomic E-state index is 0. The molecule has 0 fully saturated rings. The molecule has 0 saturated heterocycles. The van der Waals surface area contributed by atoms with E-state index in [1.54, 1.807) is 0 Å². The van der Waals surface area contributed by atoms with Gasteiger partial charge >= 0.3 is 37.1 Å². The van der Waals surface area contributed by atoms with E-state index in [0.717, 1.165) is 0 Å². The Kier molecular flexibility index (Phi) is 1140. The van der Waals surface area contributed by atoms with Crippen molar-refractivity contribution in [3.63, 3.8) is 0 Å². The molecular weight excluding hydrogens is 648 g/mol. The minimum Gasteiger partial charge on any atom is -2.00 e. The van der Waals surface area contributed by atoms with Crippen molar-refractivity contribution in [3.05, 3.63) is 0 Å². The van der Waals surface area contributed by atoms with Crippen LogP contribution >= 0.6 is 0 Å². The average molecular weight is 648 g/mol. The van der Waals surface area contributed by atoms with E-state index in [2.05, 4.69) is 0 Å². The summed E-state index contributed by atoms with van der Waals surface area (Å²) < 4.78 is 0. The van der Waals surface area contributed by atoms with Gasteiger partial charge in [-0.3, -0.25) is 0 Å². The Balaban J connectivity index is 0. The normalized spacial score (nSPS) is 0. The molecule has 0 aromatic rings. The van der Waals surface area contributed by atoms with Gasteiger partial charge < -0.3 is 27.4 Å². The molecule has 0 spiro atoms. The zero-order valence-electron chi connectivity index (χ0n) is 5.09. The van der Waals surface area contributed by atoms with Crippen LogP contribution in [0.25, 0.3) is 0 Å². The van der Waals surface area contributed by atoms with Crippen LogP contribution in [0.15, 0.2) is 0 Å². The Bertz CT molecular complexity index is 20.4. The molecule has 0 rings (SSSR count). The van der Waals surface area contributed by atoms with E-state index in [1.165, 1.54) is 0 Å². The fraction of sp³-hybridized carbons (Fsp3) is 0. The van der Waals surface area contributed by atoms with E-state index in [9.17, 15) is 0 Å². The SMILES string of the molecule is [Nd].[Nd].[O-2].[O-2].[O-2].[O-2].[O-2].[V+5].[V+5].[Y].[Y]. The van der Waals surface area contributed by atoms with Gasteiger partial charge in [0.2, 0.25) is 0 Å². The molecule has 0 saturated carbocycles. The molecule has 0 aromatic carbocycles. The first-order chi connectivity index (χ1) is 0. The van der Waals surface area contributed by atoms with Gasteiger partial charge in [0.05, 0.1) is 0 Å². The molecule has 0 heterocycles. The fourth-order valence-electron chi connectivity index (χ4n) is 0. The first kappa shape index (κ1) is 123. The average Bonchev–Trinajstić information content (AvgIpc) is 0. The molecule has 0 aromatic heterocycles. The summed E-state index contributed by atoms with van der Waals surface area (Å²) in [7, 11) is 0. The molecule has 0 aliphatic rings. The Hall–Kier alpha value is 5.88. The van der Waals surface area contributed by atoms with Gasteiger partial charge in [0, 0.05) is 147 Å². The summed E-state index contributed by atoms with van der Waals surface area (Å²) in [6, 6.07) is 0. The smallest absolute Gasteiger partial charge is 2.00 e. The first-order valence-electron chi connectivity index (χ1n) is 0. The zero-order chi connectivity index (χ0) is 0. The van der Waals surface area contributed by atoms with Gasteiger partial charge in [-0.15, -0.1) is 0 Å². The molecule has 54 valence electrons. The molecule has 0 atom stereocenters. The molecule has 0 bridgehead atoms. The number of hydrogen-bond donors (Lipinski definition) is 0. The summed E-state index contributed by atoms with van der Waals surface area (Å²) in [4.78, 5) is 0. The molecule has 0 N–H and O–H groups in total. The summed E-state index contributed by atoms with van der Waals surface area (Å²) in [5.41, 5.74) is 0. The van der Waals surface area contributed by atoms with Crippen molar-refractivity contribution in [2.24, 2.45) is 0 Å². The van der Waals surface area contributed by atoms with E-state index >= 15 is 0 Å². The van der Waals surface area contributed by atoms with Gasteiger partial charge in [0.1, 0.15) is 0 Å². The Morgan fingerprint density at radius 2 is 0.364 bits per heavy atom. The van der Waals surface area contributed by atoms with Gasteiger partial charge in [-0.05, 0) is 0 Å². The van der Waals surface area contributed by atoms with Crippen molar-refractivity contribution in [1.29, 1.82) is 0 Å². The third-order valence-corrected chi connectivity index (χ3v) is 0. The molecule has 0 amide bonds. The molecule has 5 nitrogen and oxygen atoms in total. The molecule has 0 unspecified atom stereocenters.